The molecule has 1 rings (SSSR count). The van der Waals surface area contributed by atoms with E-state index in [1.807, 2.05) is 0 Å². The second-order valence-corrected chi connectivity index (χ2v) is 4.13. The lowest BCUT2D eigenvalue weighted by Crippen LogP contribution is -2.26. The van der Waals surface area contributed by atoms with Gasteiger partial charge in [-0.15, -0.1) is 0 Å². The monoisotopic (exact) mass is 255 g/mol. The van der Waals surface area contributed by atoms with Crippen molar-refractivity contribution < 1.29 is 19.0 Å². The first-order valence-corrected chi connectivity index (χ1v) is 5.78. The number of aliphatic hydroxyl groups is 1. The summed E-state index contributed by atoms with van der Waals surface area (Å²) in [6.07, 6.45) is 0.0280. The third-order valence-corrected chi connectivity index (χ3v) is 2.46. The first-order chi connectivity index (χ1) is 8.54. The van der Waals surface area contributed by atoms with Gasteiger partial charge in [0.1, 0.15) is 5.82 Å². The molecule has 1 atom stereocenters. The zero-order chi connectivity index (χ0) is 13.5. The highest BCUT2D eigenvalue weighted by atomic mass is 19.1. The molecule has 0 saturated carbocycles. The average Bonchev–Trinajstić information content (AvgIpc) is 2.31. The maximum absolute atomic E-state index is 13.3. The molecular formula is C13H18FNO3. The summed E-state index contributed by atoms with van der Waals surface area (Å²) in [4.78, 5) is 11.7. The van der Waals surface area contributed by atoms with Gasteiger partial charge in [-0.25, -0.2) is 4.39 Å². The molecule has 1 amide bonds. The minimum Gasteiger partial charge on any atom is -0.393 e. The third kappa shape index (κ3) is 4.43. The minimum absolute atomic E-state index is 0.126. The highest BCUT2D eigenvalue weighted by Crippen LogP contribution is 2.11. The van der Waals surface area contributed by atoms with Crippen LogP contribution in [0.15, 0.2) is 18.2 Å². The van der Waals surface area contributed by atoms with Crippen molar-refractivity contribution in [3.05, 3.63) is 35.1 Å². The van der Waals surface area contributed by atoms with Crippen LogP contribution in [0.5, 0.6) is 0 Å². The van der Waals surface area contributed by atoms with Crippen molar-refractivity contribution in [3.63, 3.8) is 0 Å². The van der Waals surface area contributed by atoms with E-state index in [0.29, 0.717) is 24.1 Å². The van der Waals surface area contributed by atoms with Gasteiger partial charge in [0, 0.05) is 24.8 Å². The molecule has 0 fully saturated rings. The number of rotatable bonds is 6. The van der Waals surface area contributed by atoms with E-state index in [1.165, 1.54) is 25.3 Å². The van der Waals surface area contributed by atoms with Gasteiger partial charge in [-0.2, -0.15) is 0 Å². The zero-order valence-corrected chi connectivity index (χ0v) is 10.6. The summed E-state index contributed by atoms with van der Waals surface area (Å²) in [6, 6.07) is 4.14. The van der Waals surface area contributed by atoms with E-state index in [4.69, 9.17) is 9.84 Å². The lowest BCUT2D eigenvalue weighted by atomic mass is 10.1. The van der Waals surface area contributed by atoms with Gasteiger partial charge >= 0.3 is 0 Å². The Balaban J connectivity index is 2.65. The highest BCUT2D eigenvalue weighted by Gasteiger charge is 2.09. The van der Waals surface area contributed by atoms with Crippen LogP contribution in [0.1, 0.15) is 29.3 Å². The van der Waals surface area contributed by atoms with Gasteiger partial charge in [-0.3, -0.25) is 4.79 Å². The Hall–Kier alpha value is -1.46. The fourth-order valence-corrected chi connectivity index (χ4v) is 1.48. The number of carbonyl (C=O) groups excluding carboxylic acids is 1. The predicted octanol–water partition coefficient (Wildman–Crippen LogP) is 1.47. The van der Waals surface area contributed by atoms with Crippen LogP contribution in [0.3, 0.4) is 0 Å². The quantitative estimate of drug-likeness (QED) is 0.809. The highest BCUT2D eigenvalue weighted by molar-refractivity contribution is 5.94. The molecule has 0 aliphatic rings. The summed E-state index contributed by atoms with van der Waals surface area (Å²) < 4.78 is 18.2. The molecule has 100 valence electrons. The van der Waals surface area contributed by atoms with Gasteiger partial charge in [0.25, 0.3) is 5.91 Å². The number of halogens is 1. The minimum atomic E-state index is -0.456. The van der Waals surface area contributed by atoms with Crippen LogP contribution >= 0.6 is 0 Å². The fraction of sp³-hybridized carbons (Fsp3) is 0.462. The second kappa shape index (κ2) is 7.08. The fourth-order valence-electron chi connectivity index (χ4n) is 1.48. The molecule has 4 nitrogen and oxygen atoms in total. The van der Waals surface area contributed by atoms with E-state index < -0.39 is 11.9 Å². The van der Waals surface area contributed by atoms with Crippen molar-refractivity contribution >= 4 is 5.91 Å². The van der Waals surface area contributed by atoms with Crippen LogP contribution in [-0.4, -0.2) is 30.8 Å². The van der Waals surface area contributed by atoms with Crippen molar-refractivity contribution in [2.24, 2.45) is 0 Å². The van der Waals surface area contributed by atoms with E-state index in [-0.39, 0.29) is 12.5 Å². The molecule has 2 N–H and O–H groups in total. The van der Waals surface area contributed by atoms with E-state index in [0.717, 1.165) is 0 Å². The van der Waals surface area contributed by atoms with Crippen molar-refractivity contribution in [2.75, 3.05) is 13.7 Å². The third-order valence-electron chi connectivity index (χ3n) is 2.46. The van der Waals surface area contributed by atoms with Crippen LogP contribution in [0.4, 0.5) is 4.39 Å². The van der Waals surface area contributed by atoms with Crippen LogP contribution in [0, 0.1) is 5.82 Å². The Labute approximate surface area is 106 Å². The largest absolute Gasteiger partial charge is 0.393 e. The maximum atomic E-state index is 13.3. The number of aliphatic hydroxyl groups excluding tert-OH is 1. The first-order valence-electron chi connectivity index (χ1n) is 5.78. The SMILES string of the molecule is COCc1cc(C(=O)NCCC(C)O)ccc1F. The number of amides is 1. The number of carbonyl (C=O) groups is 1. The molecule has 0 aliphatic carbocycles. The van der Waals surface area contributed by atoms with Crippen molar-refractivity contribution in [3.8, 4) is 0 Å². The van der Waals surface area contributed by atoms with Crippen molar-refractivity contribution in [2.45, 2.75) is 26.1 Å². The molecule has 0 radical (unpaired) electrons. The summed E-state index contributed by atoms with van der Waals surface area (Å²) in [5.41, 5.74) is 0.731. The first kappa shape index (κ1) is 14.6. The van der Waals surface area contributed by atoms with Crippen molar-refractivity contribution in [1.82, 2.24) is 5.32 Å². The summed E-state index contributed by atoms with van der Waals surface area (Å²) in [5, 5.41) is 11.7. The number of ether oxygens (including phenoxy) is 1. The molecule has 18 heavy (non-hydrogen) atoms. The Morgan fingerprint density at radius 1 is 1.56 bits per heavy atom. The molecule has 0 heterocycles. The number of hydrogen-bond donors (Lipinski definition) is 2. The van der Waals surface area contributed by atoms with E-state index in [9.17, 15) is 9.18 Å². The molecule has 0 saturated heterocycles. The summed E-state index contributed by atoms with van der Waals surface area (Å²) in [5.74, 6) is -0.676. The van der Waals surface area contributed by atoms with Gasteiger partial charge < -0.3 is 15.2 Å². The van der Waals surface area contributed by atoms with Crippen LogP contribution in [0.2, 0.25) is 0 Å². The molecule has 5 heteroatoms. The van der Waals surface area contributed by atoms with E-state index >= 15 is 0 Å². The van der Waals surface area contributed by atoms with Gasteiger partial charge in [-0.05, 0) is 31.5 Å². The van der Waals surface area contributed by atoms with Crippen molar-refractivity contribution in [1.29, 1.82) is 0 Å². The topological polar surface area (TPSA) is 58.6 Å². The van der Waals surface area contributed by atoms with Gasteiger partial charge in [0.2, 0.25) is 0 Å². The van der Waals surface area contributed by atoms with Crippen LogP contribution < -0.4 is 5.32 Å². The summed E-state index contributed by atoms with van der Waals surface area (Å²) in [7, 11) is 1.47. The molecule has 0 bridgehead atoms. The average molecular weight is 255 g/mol. The Morgan fingerprint density at radius 2 is 2.28 bits per heavy atom. The Bertz CT molecular complexity index is 407. The molecule has 1 aromatic rings. The van der Waals surface area contributed by atoms with E-state index in [2.05, 4.69) is 5.32 Å². The molecule has 0 aromatic heterocycles. The van der Waals surface area contributed by atoms with Gasteiger partial charge in [0.05, 0.1) is 12.7 Å². The molecule has 0 aliphatic heterocycles. The molecule has 1 unspecified atom stereocenters. The molecular weight excluding hydrogens is 237 g/mol. The van der Waals surface area contributed by atoms with Gasteiger partial charge in [-0.1, -0.05) is 0 Å². The molecule has 1 aromatic carbocycles. The maximum Gasteiger partial charge on any atom is 0.251 e. The predicted molar refractivity (Wildman–Crippen MR) is 65.7 cm³/mol. The molecule has 0 spiro atoms. The second-order valence-electron chi connectivity index (χ2n) is 4.13. The zero-order valence-electron chi connectivity index (χ0n) is 10.6. The summed E-state index contributed by atoms with van der Waals surface area (Å²) in [6.45, 7) is 2.16. The lowest BCUT2D eigenvalue weighted by Gasteiger charge is -2.08. The smallest absolute Gasteiger partial charge is 0.251 e. The number of methoxy groups -OCH3 is 1. The number of benzene rings is 1. The standard InChI is InChI=1S/C13H18FNO3/c1-9(16)5-6-15-13(17)10-3-4-12(14)11(7-10)8-18-2/h3-4,7,9,16H,5-6,8H2,1-2H3,(H,15,17). The normalized spacial score (nSPS) is 12.2. The Kier molecular flexibility index (Phi) is 5.74. The lowest BCUT2D eigenvalue weighted by molar-refractivity contribution is 0.0945. The number of hydrogen-bond acceptors (Lipinski definition) is 3. The summed E-state index contributed by atoms with van der Waals surface area (Å²) >= 11 is 0. The Morgan fingerprint density at radius 3 is 2.89 bits per heavy atom. The number of nitrogens with one attached hydrogen (secondary N) is 1. The van der Waals surface area contributed by atoms with Gasteiger partial charge in [0.15, 0.2) is 0 Å². The van der Waals surface area contributed by atoms with Crippen LogP contribution in [-0.2, 0) is 11.3 Å². The van der Waals surface area contributed by atoms with Crippen LogP contribution in [0.25, 0.3) is 0 Å². The van der Waals surface area contributed by atoms with E-state index in [1.54, 1.807) is 6.92 Å².